The van der Waals surface area contributed by atoms with E-state index >= 15 is 0 Å². The molecule has 0 aliphatic heterocycles. The van der Waals surface area contributed by atoms with Crippen molar-refractivity contribution in [2.75, 3.05) is 12.8 Å². The number of nitrogens with two attached hydrogens (primary N) is 1. The van der Waals surface area contributed by atoms with Crippen LogP contribution in [0.4, 0.5) is 5.82 Å². The van der Waals surface area contributed by atoms with Crippen LogP contribution in [-0.2, 0) is 5.41 Å². The number of methoxy groups -OCH3 is 1. The first-order valence-electron chi connectivity index (χ1n) is 6.90. The highest BCUT2D eigenvalue weighted by Crippen LogP contribution is 2.33. The van der Waals surface area contributed by atoms with E-state index in [1.54, 1.807) is 0 Å². The average molecular weight is 287 g/mol. The van der Waals surface area contributed by atoms with Crippen molar-refractivity contribution in [2.24, 2.45) is 0 Å². The molecule has 5 heteroatoms. The van der Waals surface area contributed by atoms with Gasteiger partial charge in [-0.25, -0.2) is 4.98 Å². The van der Waals surface area contributed by atoms with E-state index in [4.69, 9.17) is 15.2 Å². The molecule has 2 aromatic rings. The number of hydrogen-bond acceptors (Lipinski definition) is 5. The van der Waals surface area contributed by atoms with Crippen LogP contribution >= 0.6 is 0 Å². The second-order valence-corrected chi connectivity index (χ2v) is 5.46. The molecule has 0 saturated heterocycles. The third-order valence-corrected chi connectivity index (χ3v) is 3.74. The summed E-state index contributed by atoms with van der Waals surface area (Å²) >= 11 is 0. The van der Waals surface area contributed by atoms with E-state index in [0.29, 0.717) is 17.4 Å². The summed E-state index contributed by atoms with van der Waals surface area (Å²) in [6.07, 6.45) is 2.42. The SMILES string of the molecule is CCC(C)(C)c1ccc(Oc2ncnc(N)c2OC)cc1. The molecule has 0 unspecified atom stereocenters. The van der Waals surface area contributed by atoms with Gasteiger partial charge in [0, 0.05) is 0 Å². The van der Waals surface area contributed by atoms with Crippen LogP contribution in [-0.4, -0.2) is 17.1 Å². The van der Waals surface area contributed by atoms with Crippen LogP contribution in [0.5, 0.6) is 17.4 Å². The molecule has 5 nitrogen and oxygen atoms in total. The standard InChI is InChI=1S/C16H21N3O2/c1-5-16(2,3)11-6-8-12(9-7-11)21-15-13(20-4)14(17)18-10-19-15/h6-10H,5H2,1-4H3,(H2,17,18,19). The summed E-state index contributed by atoms with van der Waals surface area (Å²) in [6.45, 7) is 6.62. The fourth-order valence-electron chi connectivity index (χ4n) is 1.92. The normalized spacial score (nSPS) is 11.2. The molecule has 21 heavy (non-hydrogen) atoms. The summed E-state index contributed by atoms with van der Waals surface area (Å²) in [5.41, 5.74) is 7.15. The van der Waals surface area contributed by atoms with Crippen molar-refractivity contribution < 1.29 is 9.47 Å². The lowest BCUT2D eigenvalue weighted by atomic mass is 9.82. The summed E-state index contributed by atoms with van der Waals surface area (Å²) in [7, 11) is 1.51. The molecule has 0 aliphatic rings. The van der Waals surface area contributed by atoms with Crippen LogP contribution in [0.2, 0.25) is 0 Å². The molecule has 0 radical (unpaired) electrons. The van der Waals surface area contributed by atoms with Gasteiger partial charge in [-0.1, -0.05) is 32.9 Å². The van der Waals surface area contributed by atoms with Gasteiger partial charge in [-0.15, -0.1) is 0 Å². The zero-order valence-electron chi connectivity index (χ0n) is 12.9. The molecule has 0 amide bonds. The van der Waals surface area contributed by atoms with Crippen LogP contribution in [0.1, 0.15) is 32.8 Å². The molecule has 1 heterocycles. The Balaban J connectivity index is 2.24. The quantitative estimate of drug-likeness (QED) is 0.910. The largest absolute Gasteiger partial charge is 0.489 e. The second-order valence-electron chi connectivity index (χ2n) is 5.46. The minimum atomic E-state index is 0.148. The Morgan fingerprint density at radius 2 is 1.81 bits per heavy atom. The summed E-state index contributed by atoms with van der Waals surface area (Å²) in [4.78, 5) is 7.93. The summed E-state index contributed by atoms with van der Waals surface area (Å²) in [6, 6.07) is 7.97. The average Bonchev–Trinajstić information content (AvgIpc) is 2.48. The lowest BCUT2D eigenvalue weighted by Gasteiger charge is -2.23. The van der Waals surface area contributed by atoms with E-state index in [9.17, 15) is 0 Å². The van der Waals surface area contributed by atoms with Gasteiger partial charge in [-0.2, -0.15) is 4.98 Å². The van der Waals surface area contributed by atoms with Crippen LogP contribution in [0.3, 0.4) is 0 Å². The topological polar surface area (TPSA) is 70.3 Å². The third-order valence-electron chi connectivity index (χ3n) is 3.74. The van der Waals surface area contributed by atoms with E-state index in [0.717, 1.165) is 6.42 Å². The van der Waals surface area contributed by atoms with Crippen LogP contribution < -0.4 is 15.2 Å². The molecule has 2 N–H and O–H groups in total. The molecule has 0 atom stereocenters. The van der Waals surface area contributed by atoms with Crippen molar-refractivity contribution >= 4 is 5.82 Å². The maximum atomic E-state index is 5.73. The van der Waals surface area contributed by atoms with Crippen molar-refractivity contribution in [3.05, 3.63) is 36.2 Å². The fraction of sp³-hybridized carbons (Fsp3) is 0.375. The Morgan fingerprint density at radius 3 is 2.38 bits per heavy atom. The molecular weight excluding hydrogens is 266 g/mol. The van der Waals surface area contributed by atoms with Crippen molar-refractivity contribution in [3.8, 4) is 17.4 Å². The number of hydrogen-bond donors (Lipinski definition) is 1. The van der Waals surface area contributed by atoms with Crippen molar-refractivity contribution in [3.63, 3.8) is 0 Å². The van der Waals surface area contributed by atoms with Crippen LogP contribution in [0.25, 0.3) is 0 Å². The minimum absolute atomic E-state index is 0.148. The molecule has 1 aromatic carbocycles. The summed E-state index contributed by atoms with van der Waals surface area (Å²) in [5, 5.41) is 0. The highest BCUT2D eigenvalue weighted by molar-refractivity contribution is 5.52. The van der Waals surface area contributed by atoms with Gasteiger partial charge in [0.2, 0.25) is 5.75 Å². The molecule has 1 aromatic heterocycles. The Bertz CT molecular complexity index is 609. The maximum Gasteiger partial charge on any atom is 0.268 e. The van der Waals surface area contributed by atoms with Gasteiger partial charge in [0.15, 0.2) is 5.82 Å². The van der Waals surface area contributed by atoms with Gasteiger partial charge >= 0.3 is 0 Å². The summed E-state index contributed by atoms with van der Waals surface area (Å²) in [5.74, 6) is 1.59. The number of ether oxygens (including phenoxy) is 2. The number of aromatic nitrogens is 2. The Hall–Kier alpha value is -2.30. The van der Waals surface area contributed by atoms with Gasteiger partial charge < -0.3 is 15.2 Å². The van der Waals surface area contributed by atoms with E-state index in [1.165, 1.54) is 19.0 Å². The Kier molecular flexibility index (Phi) is 4.31. The first-order chi connectivity index (χ1) is 9.97. The van der Waals surface area contributed by atoms with Crippen molar-refractivity contribution in [1.29, 1.82) is 0 Å². The number of anilines is 1. The van der Waals surface area contributed by atoms with Crippen LogP contribution in [0.15, 0.2) is 30.6 Å². The number of rotatable bonds is 5. The van der Waals surface area contributed by atoms with E-state index in [2.05, 4.69) is 42.9 Å². The van der Waals surface area contributed by atoms with E-state index in [1.807, 2.05) is 12.1 Å². The monoisotopic (exact) mass is 287 g/mol. The number of benzene rings is 1. The Morgan fingerprint density at radius 1 is 1.14 bits per heavy atom. The van der Waals surface area contributed by atoms with Crippen molar-refractivity contribution in [1.82, 2.24) is 9.97 Å². The second kappa shape index (κ2) is 5.99. The van der Waals surface area contributed by atoms with Gasteiger partial charge in [-0.3, -0.25) is 0 Å². The zero-order chi connectivity index (χ0) is 15.5. The molecular formula is C16H21N3O2. The molecule has 0 saturated carbocycles. The van der Waals surface area contributed by atoms with Gasteiger partial charge in [0.1, 0.15) is 12.1 Å². The Labute approximate surface area is 125 Å². The van der Waals surface area contributed by atoms with E-state index in [-0.39, 0.29) is 11.2 Å². The third kappa shape index (κ3) is 3.24. The maximum absolute atomic E-state index is 5.73. The number of nitrogens with zero attached hydrogens (tertiary/aromatic N) is 2. The first-order valence-corrected chi connectivity index (χ1v) is 6.90. The minimum Gasteiger partial charge on any atom is -0.489 e. The number of nitrogen functional groups attached to an aromatic ring is 1. The zero-order valence-corrected chi connectivity index (χ0v) is 12.9. The molecule has 0 bridgehead atoms. The summed E-state index contributed by atoms with van der Waals surface area (Å²) < 4.78 is 10.9. The van der Waals surface area contributed by atoms with Gasteiger partial charge in [0.05, 0.1) is 7.11 Å². The fourth-order valence-corrected chi connectivity index (χ4v) is 1.92. The predicted octanol–water partition coefficient (Wildman–Crippen LogP) is 3.55. The lowest BCUT2D eigenvalue weighted by Crippen LogP contribution is -2.14. The van der Waals surface area contributed by atoms with Crippen molar-refractivity contribution in [2.45, 2.75) is 32.6 Å². The predicted molar refractivity (Wildman–Crippen MR) is 82.8 cm³/mol. The molecule has 0 spiro atoms. The lowest BCUT2D eigenvalue weighted by molar-refractivity contribution is 0.369. The van der Waals surface area contributed by atoms with Gasteiger partial charge in [0.25, 0.3) is 5.88 Å². The van der Waals surface area contributed by atoms with E-state index < -0.39 is 0 Å². The molecule has 0 aliphatic carbocycles. The van der Waals surface area contributed by atoms with Crippen LogP contribution in [0, 0.1) is 0 Å². The molecule has 112 valence electrons. The van der Waals surface area contributed by atoms with Gasteiger partial charge in [-0.05, 0) is 29.5 Å². The highest BCUT2D eigenvalue weighted by atomic mass is 16.5. The smallest absolute Gasteiger partial charge is 0.268 e. The highest BCUT2D eigenvalue weighted by Gasteiger charge is 2.18. The first kappa shape index (κ1) is 15.1. The molecule has 2 rings (SSSR count). The molecule has 0 fully saturated rings.